The maximum Gasteiger partial charge on any atom is 0.155 e. The third-order valence-corrected chi connectivity index (χ3v) is 5.57. The van der Waals surface area contributed by atoms with Gasteiger partial charge in [-0.05, 0) is 35.0 Å². The van der Waals surface area contributed by atoms with Crippen LogP contribution in [-0.4, -0.2) is 31.9 Å². The van der Waals surface area contributed by atoms with Crippen LogP contribution in [0.5, 0.6) is 0 Å². The molecule has 6 heteroatoms. The monoisotopic (exact) mass is 354 g/mol. The summed E-state index contributed by atoms with van der Waals surface area (Å²) < 4.78 is 2.94. The normalized spacial score (nSPS) is 23.3. The third kappa shape index (κ3) is 3.02. The Hall–Kier alpha value is -0.590. The largest absolute Gasteiger partial charge is 0.307 e. The lowest BCUT2D eigenvalue weighted by Gasteiger charge is -2.31. The Morgan fingerprint density at radius 3 is 3.05 bits per heavy atom. The highest BCUT2D eigenvalue weighted by molar-refractivity contribution is 9.10. The first-order chi connectivity index (χ1) is 9.78. The van der Waals surface area contributed by atoms with Gasteiger partial charge in [0.1, 0.15) is 4.60 Å². The minimum atomic E-state index is 0.620. The fraction of sp³-hybridized carbons (Fsp3) is 0.571. The Bertz CT molecular complexity index is 586. The molecular weight excluding hydrogens is 336 g/mol. The number of hydrogen-bond donors (Lipinski definition) is 1. The van der Waals surface area contributed by atoms with Gasteiger partial charge in [0.05, 0.1) is 18.1 Å². The van der Waals surface area contributed by atoms with Crippen molar-refractivity contribution in [3.8, 4) is 0 Å². The van der Waals surface area contributed by atoms with E-state index >= 15 is 0 Å². The molecule has 1 aliphatic rings. The Kier molecular flexibility index (Phi) is 4.63. The molecule has 1 N–H and O–H groups in total. The fourth-order valence-corrected chi connectivity index (χ4v) is 4.17. The number of imidazole rings is 1. The molecule has 0 aromatic carbocycles. The van der Waals surface area contributed by atoms with Crippen molar-refractivity contribution in [1.82, 2.24) is 19.7 Å². The van der Waals surface area contributed by atoms with E-state index in [-0.39, 0.29) is 0 Å². The average molecular weight is 355 g/mol. The molecular formula is C14H19BrN4S. The molecule has 2 heterocycles. The molecule has 1 saturated carbocycles. The molecule has 20 heavy (non-hydrogen) atoms. The van der Waals surface area contributed by atoms with Gasteiger partial charge in [-0.3, -0.25) is 4.40 Å². The molecule has 3 rings (SSSR count). The van der Waals surface area contributed by atoms with Crippen molar-refractivity contribution in [2.24, 2.45) is 0 Å². The van der Waals surface area contributed by atoms with Gasteiger partial charge < -0.3 is 5.32 Å². The van der Waals surface area contributed by atoms with Crippen LogP contribution in [0.3, 0.4) is 0 Å². The van der Waals surface area contributed by atoms with Crippen LogP contribution in [0.25, 0.3) is 5.65 Å². The van der Waals surface area contributed by atoms with Crippen LogP contribution in [0, 0.1) is 0 Å². The molecule has 0 spiro atoms. The molecule has 0 aliphatic heterocycles. The van der Waals surface area contributed by atoms with Crippen LogP contribution in [0.15, 0.2) is 23.2 Å². The number of nitrogens with one attached hydrogen (secondary N) is 1. The van der Waals surface area contributed by atoms with Crippen molar-refractivity contribution >= 4 is 33.3 Å². The molecule has 0 radical (unpaired) electrons. The number of fused-ring (bicyclic) bond motifs is 1. The number of rotatable bonds is 4. The van der Waals surface area contributed by atoms with E-state index in [0.717, 1.165) is 22.0 Å². The lowest BCUT2D eigenvalue weighted by molar-refractivity contribution is 0.381. The second-order valence-corrected chi connectivity index (χ2v) is 7.12. The highest BCUT2D eigenvalue weighted by Gasteiger charge is 2.23. The van der Waals surface area contributed by atoms with Crippen LogP contribution in [-0.2, 0) is 6.54 Å². The molecule has 2 aromatic heterocycles. The first-order valence-corrected chi connectivity index (χ1v) is 9.09. The van der Waals surface area contributed by atoms with E-state index in [0.29, 0.717) is 6.04 Å². The van der Waals surface area contributed by atoms with Crippen LogP contribution in [0.2, 0.25) is 0 Å². The molecule has 1 aliphatic carbocycles. The van der Waals surface area contributed by atoms with Gasteiger partial charge in [-0.15, -0.1) is 0 Å². The van der Waals surface area contributed by atoms with Crippen molar-refractivity contribution in [1.29, 1.82) is 0 Å². The smallest absolute Gasteiger partial charge is 0.155 e. The molecule has 2 unspecified atom stereocenters. The summed E-state index contributed by atoms with van der Waals surface area (Å²) in [4.78, 5) is 8.60. The number of nitrogens with zero attached hydrogens (tertiary/aromatic N) is 3. The number of hydrogen-bond acceptors (Lipinski definition) is 4. The Morgan fingerprint density at radius 2 is 2.20 bits per heavy atom. The summed E-state index contributed by atoms with van der Waals surface area (Å²) in [6.07, 6.45) is 13.3. The standard InChI is InChI=1S/C14H19BrN4S/c1-20-12-5-3-2-4-11(12)16-6-10-7-18-14-8-17-13(15)9-19(10)14/h7-9,11-12,16H,2-6H2,1H3. The number of halogens is 1. The van der Waals surface area contributed by atoms with Crippen LogP contribution < -0.4 is 5.32 Å². The fourth-order valence-electron chi connectivity index (χ4n) is 2.89. The Balaban J connectivity index is 1.71. The highest BCUT2D eigenvalue weighted by atomic mass is 79.9. The van der Waals surface area contributed by atoms with Gasteiger partial charge in [0, 0.05) is 24.0 Å². The molecule has 0 amide bonds. The zero-order valence-electron chi connectivity index (χ0n) is 11.6. The summed E-state index contributed by atoms with van der Waals surface area (Å²) in [6.45, 7) is 0.860. The van der Waals surface area contributed by atoms with Gasteiger partial charge in [0.2, 0.25) is 0 Å². The first-order valence-electron chi connectivity index (χ1n) is 7.01. The zero-order valence-corrected chi connectivity index (χ0v) is 14.0. The van der Waals surface area contributed by atoms with Crippen molar-refractivity contribution < 1.29 is 0 Å². The van der Waals surface area contributed by atoms with E-state index in [1.54, 1.807) is 6.20 Å². The third-order valence-electron chi connectivity index (χ3n) is 3.99. The summed E-state index contributed by atoms with van der Waals surface area (Å²) in [7, 11) is 0. The van der Waals surface area contributed by atoms with Gasteiger partial charge in [-0.25, -0.2) is 9.97 Å². The maximum atomic E-state index is 4.40. The Morgan fingerprint density at radius 1 is 1.35 bits per heavy atom. The molecule has 0 saturated heterocycles. The lowest BCUT2D eigenvalue weighted by atomic mass is 9.95. The minimum absolute atomic E-state index is 0.620. The van der Waals surface area contributed by atoms with Gasteiger partial charge >= 0.3 is 0 Å². The minimum Gasteiger partial charge on any atom is -0.307 e. The molecule has 1 fully saturated rings. The van der Waals surface area contributed by atoms with Gasteiger partial charge in [-0.1, -0.05) is 12.8 Å². The van der Waals surface area contributed by atoms with Gasteiger partial charge in [0.15, 0.2) is 5.65 Å². The molecule has 4 nitrogen and oxygen atoms in total. The van der Waals surface area contributed by atoms with E-state index in [1.807, 2.05) is 24.2 Å². The topological polar surface area (TPSA) is 42.2 Å². The summed E-state index contributed by atoms with van der Waals surface area (Å²) in [6, 6.07) is 0.620. The summed E-state index contributed by atoms with van der Waals surface area (Å²) in [5.41, 5.74) is 2.09. The molecule has 0 bridgehead atoms. The number of aromatic nitrogens is 3. The van der Waals surface area contributed by atoms with Crippen molar-refractivity contribution in [3.05, 3.63) is 28.9 Å². The van der Waals surface area contributed by atoms with E-state index in [2.05, 4.69) is 41.9 Å². The summed E-state index contributed by atoms with van der Waals surface area (Å²) in [5.74, 6) is 0. The van der Waals surface area contributed by atoms with Crippen LogP contribution in [0.1, 0.15) is 31.4 Å². The van der Waals surface area contributed by atoms with Crippen LogP contribution in [0.4, 0.5) is 0 Å². The number of thioether (sulfide) groups is 1. The first kappa shape index (κ1) is 14.4. The lowest BCUT2D eigenvalue weighted by Crippen LogP contribution is -2.40. The van der Waals surface area contributed by atoms with E-state index in [9.17, 15) is 0 Å². The van der Waals surface area contributed by atoms with Crippen molar-refractivity contribution in [2.75, 3.05) is 6.26 Å². The average Bonchev–Trinajstić information content (AvgIpc) is 2.87. The van der Waals surface area contributed by atoms with Gasteiger partial charge in [-0.2, -0.15) is 11.8 Å². The van der Waals surface area contributed by atoms with Crippen LogP contribution >= 0.6 is 27.7 Å². The molecule has 2 aromatic rings. The van der Waals surface area contributed by atoms with E-state index in [4.69, 9.17) is 0 Å². The predicted molar refractivity (Wildman–Crippen MR) is 87.1 cm³/mol. The van der Waals surface area contributed by atoms with E-state index < -0.39 is 0 Å². The second-order valence-electron chi connectivity index (χ2n) is 5.23. The predicted octanol–water partition coefficient (Wildman–Crippen LogP) is 3.26. The van der Waals surface area contributed by atoms with Crippen molar-refractivity contribution in [3.63, 3.8) is 0 Å². The maximum absolute atomic E-state index is 4.40. The summed E-state index contributed by atoms with van der Waals surface area (Å²) in [5, 5.41) is 4.47. The molecule has 2 atom stereocenters. The van der Waals surface area contributed by atoms with Gasteiger partial charge in [0.25, 0.3) is 0 Å². The SMILES string of the molecule is CSC1CCCCC1NCc1cnc2cnc(Br)cn12. The second kappa shape index (κ2) is 6.45. The van der Waals surface area contributed by atoms with Crippen molar-refractivity contribution in [2.45, 2.75) is 43.5 Å². The zero-order chi connectivity index (χ0) is 13.9. The highest BCUT2D eigenvalue weighted by Crippen LogP contribution is 2.27. The Labute approximate surface area is 131 Å². The quantitative estimate of drug-likeness (QED) is 0.914. The summed E-state index contributed by atoms with van der Waals surface area (Å²) >= 11 is 5.41. The molecule has 108 valence electrons. The van der Waals surface area contributed by atoms with E-state index in [1.165, 1.54) is 31.4 Å².